The molecule has 1 atom stereocenters. The van der Waals surface area contributed by atoms with Gasteiger partial charge in [-0.15, -0.1) is 0 Å². The van der Waals surface area contributed by atoms with E-state index in [-0.39, 0.29) is 17.4 Å². The van der Waals surface area contributed by atoms with Gasteiger partial charge < -0.3 is 9.16 Å². The van der Waals surface area contributed by atoms with E-state index in [0.717, 1.165) is 6.42 Å². The average Bonchev–Trinajstić information content (AvgIpc) is 2.00. The van der Waals surface area contributed by atoms with Crippen molar-refractivity contribution in [3.63, 3.8) is 0 Å². The Balaban J connectivity index is 2.57. The standard InChI is InChI=1S/C10H21NO3Si/c1-10(2,3)15(4,5)14-8-6-7-13-9(12)11-8/h8H,6-7H2,1-5H3,(H,11,12)/t8-/m1/s1. The number of carbonyl (C=O) groups is 1. The van der Waals surface area contributed by atoms with Crippen molar-refractivity contribution in [3.8, 4) is 0 Å². The first-order chi connectivity index (χ1) is 6.72. The summed E-state index contributed by atoms with van der Waals surface area (Å²) >= 11 is 0. The molecule has 0 aliphatic carbocycles. The number of ether oxygens (including phenoxy) is 1. The molecule has 0 spiro atoms. The highest BCUT2D eigenvalue weighted by Crippen LogP contribution is 2.37. The molecule has 1 heterocycles. The molecule has 0 radical (unpaired) electrons. The maximum absolute atomic E-state index is 11.0. The molecule has 0 aromatic heterocycles. The maximum Gasteiger partial charge on any atom is 0.409 e. The number of carbonyl (C=O) groups excluding carboxylic acids is 1. The Morgan fingerprint density at radius 1 is 1.47 bits per heavy atom. The zero-order valence-corrected chi connectivity index (χ0v) is 11.2. The SMILES string of the molecule is CC(C)(C)[Si](C)(C)O[C@@H]1CCOC(=O)N1. The first kappa shape index (κ1) is 12.5. The lowest BCUT2D eigenvalue weighted by Gasteiger charge is -2.40. The molecule has 1 aliphatic heterocycles. The van der Waals surface area contributed by atoms with Crippen LogP contribution in [-0.2, 0) is 9.16 Å². The molecule has 1 saturated heterocycles. The Labute approximate surface area is 92.5 Å². The van der Waals surface area contributed by atoms with Crippen LogP contribution in [0.3, 0.4) is 0 Å². The van der Waals surface area contributed by atoms with Gasteiger partial charge in [-0.1, -0.05) is 20.8 Å². The maximum atomic E-state index is 11.0. The molecule has 0 unspecified atom stereocenters. The van der Waals surface area contributed by atoms with Crippen molar-refractivity contribution in [1.29, 1.82) is 0 Å². The smallest absolute Gasteiger partial charge is 0.409 e. The summed E-state index contributed by atoms with van der Waals surface area (Å²) in [7, 11) is -1.79. The summed E-state index contributed by atoms with van der Waals surface area (Å²) in [6.07, 6.45) is 0.190. The number of alkyl carbamates (subject to hydrolysis) is 1. The minimum atomic E-state index is -1.79. The zero-order valence-electron chi connectivity index (χ0n) is 10.2. The summed E-state index contributed by atoms with van der Waals surface area (Å²) in [5, 5.41) is 2.86. The van der Waals surface area contributed by atoms with Gasteiger partial charge in [0.1, 0.15) is 6.23 Å². The molecule has 0 saturated carbocycles. The summed E-state index contributed by atoms with van der Waals surface area (Å²) < 4.78 is 10.8. The van der Waals surface area contributed by atoms with Crippen LogP contribution < -0.4 is 5.32 Å². The van der Waals surface area contributed by atoms with Crippen molar-refractivity contribution >= 4 is 14.4 Å². The molecule has 1 N–H and O–H groups in total. The number of cyclic esters (lactones) is 1. The second-order valence-corrected chi connectivity index (χ2v) is 10.2. The molecule has 0 aromatic carbocycles. The molecular formula is C10H21NO3Si. The average molecular weight is 231 g/mol. The third-order valence-electron chi connectivity index (χ3n) is 3.14. The normalized spacial score (nSPS) is 23.3. The van der Waals surface area contributed by atoms with Crippen molar-refractivity contribution in [2.45, 2.75) is 51.6 Å². The van der Waals surface area contributed by atoms with E-state index in [2.05, 4.69) is 39.2 Å². The predicted molar refractivity (Wildman–Crippen MR) is 61.2 cm³/mol. The quantitative estimate of drug-likeness (QED) is 0.743. The lowest BCUT2D eigenvalue weighted by Crippen LogP contribution is -2.51. The van der Waals surface area contributed by atoms with Gasteiger partial charge in [0.25, 0.3) is 0 Å². The lowest BCUT2D eigenvalue weighted by atomic mass is 10.2. The highest BCUT2D eigenvalue weighted by molar-refractivity contribution is 6.74. The van der Waals surface area contributed by atoms with E-state index >= 15 is 0 Å². The van der Waals surface area contributed by atoms with Crippen LogP contribution in [0.5, 0.6) is 0 Å². The van der Waals surface area contributed by atoms with Crippen LogP contribution in [0.2, 0.25) is 18.1 Å². The fourth-order valence-electron chi connectivity index (χ4n) is 1.12. The van der Waals surface area contributed by atoms with Crippen molar-refractivity contribution in [2.24, 2.45) is 0 Å². The molecule has 1 fully saturated rings. The summed E-state index contributed by atoms with van der Waals surface area (Å²) in [6.45, 7) is 11.3. The largest absolute Gasteiger partial charge is 0.449 e. The number of rotatable bonds is 2. The molecule has 0 aromatic rings. The Bertz CT molecular complexity index is 248. The van der Waals surface area contributed by atoms with Crippen LogP contribution in [0.25, 0.3) is 0 Å². The van der Waals surface area contributed by atoms with Crippen LogP contribution in [0.15, 0.2) is 0 Å². The van der Waals surface area contributed by atoms with Gasteiger partial charge in [0, 0.05) is 6.42 Å². The van der Waals surface area contributed by atoms with Gasteiger partial charge in [-0.05, 0) is 18.1 Å². The lowest BCUT2D eigenvalue weighted by molar-refractivity contribution is 0.0500. The number of amides is 1. The first-order valence-corrected chi connectivity index (χ1v) is 8.24. The van der Waals surface area contributed by atoms with Gasteiger partial charge in [-0.3, -0.25) is 5.32 Å². The topological polar surface area (TPSA) is 47.6 Å². The Kier molecular flexibility index (Phi) is 3.45. The van der Waals surface area contributed by atoms with Crippen molar-refractivity contribution in [1.82, 2.24) is 5.32 Å². The summed E-state index contributed by atoms with van der Waals surface area (Å²) in [5.41, 5.74) is 0. The highest BCUT2D eigenvalue weighted by Gasteiger charge is 2.40. The fourth-order valence-corrected chi connectivity index (χ4v) is 2.37. The molecule has 88 valence electrons. The van der Waals surface area contributed by atoms with E-state index in [0.29, 0.717) is 6.61 Å². The monoisotopic (exact) mass is 231 g/mol. The van der Waals surface area contributed by atoms with Crippen LogP contribution in [0.4, 0.5) is 4.79 Å². The van der Waals surface area contributed by atoms with E-state index in [4.69, 9.17) is 9.16 Å². The number of hydrogen-bond donors (Lipinski definition) is 1. The third-order valence-corrected chi connectivity index (χ3v) is 7.62. The van der Waals surface area contributed by atoms with Crippen molar-refractivity contribution in [3.05, 3.63) is 0 Å². The van der Waals surface area contributed by atoms with Crippen LogP contribution in [0.1, 0.15) is 27.2 Å². The van der Waals surface area contributed by atoms with E-state index < -0.39 is 8.32 Å². The number of nitrogens with one attached hydrogen (secondary N) is 1. The van der Waals surface area contributed by atoms with Crippen molar-refractivity contribution in [2.75, 3.05) is 6.61 Å². The summed E-state index contributed by atoms with van der Waals surface area (Å²) in [4.78, 5) is 11.0. The van der Waals surface area contributed by atoms with Crippen LogP contribution >= 0.6 is 0 Å². The van der Waals surface area contributed by atoms with Gasteiger partial charge in [0.15, 0.2) is 8.32 Å². The summed E-state index contributed by atoms with van der Waals surface area (Å²) in [5.74, 6) is 0. The van der Waals surface area contributed by atoms with Gasteiger partial charge in [0.05, 0.1) is 6.61 Å². The van der Waals surface area contributed by atoms with Crippen LogP contribution in [-0.4, -0.2) is 27.2 Å². The van der Waals surface area contributed by atoms with Gasteiger partial charge in [0.2, 0.25) is 0 Å². The number of hydrogen-bond acceptors (Lipinski definition) is 3. The molecule has 1 aliphatic rings. The summed E-state index contributed by atoms with van der Waals surface area (Å²) in [6, 6.07) is 0. The van der Waals surface area contributed by atoms with E-state index in [1.54, 1.807) is 0 Å². The first-order valence-electron chi connectivity index (χ1n) is 5.33. The minimum absolute atomic E-state index is 0.163. The van der Waals surface area contributed by atoms with E-state index in [9.17, 15) is 4.79 Å². The molecular weight excluding hydrogens is 210 g/mol. The fraction of sp³-hybridized carbons (Fsp3) is 0.900. The Morgan fingerprint density at radius 2 is 2.07 bits per heavy atom. The molecule has 1 rings (SSSR count). The highest BCUT2D eigenvalue weighted by atomic mass is 28.4. The second-order valence-electron chi connectivity index (χ2n) is 5.44. The van der Waals surface area contributed by atoms with Crippen LogP contribution in [0, 0.1) is 0 Å². The molecule has 0 bridgehead atoms. The molecule has 5 heteroatoms. The van der Waals surface area contributed by atoms with Gasteiger partial charge in [-0.2, -0.15) is 0 Å². The molecule has 15 heavy (non-hydrogen) atoms. The third kappa shape index (κ3) is 3.20. The molecule has 1 amide bonds. The molecule has 4 nitrogen and oxygen atoms in total. The van der Waals surface area contributed by atoms with E-state index in [1.165, 1.54) is 0 Å². The Morgan fingerprint density at radius 3 is 2.53 bits per heavy atom. The minimum Gasteiger partial charge on any atom is -0.449 e. The zero-order chi connectivity index (χ0) is 11.7. The van der Waals surface area contributed by atoms with Crippen molar-refractivity contribution < 1.29 is 14.0 Å². The Hall–Kier alpha value is -0.553. The second kappa shape index (κ2) is 4.13. The van der Waals surface area contributed by atoms with Gasteiger partial charge in [-0.25, -0.2) is 4.79 Å². The predicted octanol–water partition coefficient (Wildman–Crippen LogP) is 2.46. The van der Waals surface area contributed by atoms with E-state index in [1.807, 2.05) is 0 Å². The van der Waals surface area contributed by atoms with Gasteiger partial charge >= 0.3 is 6.09 Å².